The van der Waals surface area contributed by atoms with E-state index in [0.717, 1.165) is 0 Å². The number of hydrogen-bond donors (Lipinski definition) is 1. The number of carbonyl (C=O) groups is 2. The van der Waals surface area contributed by atoms with Gasteiger partial charge in [-0.1, -0.05) is 6.07 Å². The Hall–Kier alpha value is -1.43. The van der Waals surface area contributed by atoms with E-state index in [-0.39, 0.29) is 28.8 Å². The van der Waals surface area contributed by atoms with Gasteiger partial charge in [-0.2, -0.15) is 0 Å². The molecule has 1 aliphatic carbocycles. The van der Waals surface area contributed by atoms with Crippen molar-refractivity contribution in [1.82, 2.24) is 5.32 Å². The number of rotatable bonds is 0. The smallest absolute Gasteiger partial charge is 0.408 e. The molecule has 1 atom stereocenters. The zero-order valence-electron chi connectivity index (χ0n) is 9.26. The van der Waals surface area contributed by atoms with Gasteiger partial charge in [0.2, 0.25) is 0 Å². The van der Waals surface area contributed by atoms with Crippen molar-refractivity contribution in [3.63, 3.8) is 0 Å². The van der Waals surface area contributed by atoms with Gasteiger partial charge in [-0.05, 0) is 34.0 Å². The summed E-state index contributed by atoms with van der Waals surface area (Å²) in [6.07, 6.45) is 0.106. The molecule has 6 heteroatoms. The van der Waals surface area contributed by atoms with Gasteiger partial charge < -0.3 is 10.1 Å². The van der Waals surface area contributed by atoms with Crippen molar-refractivity contribution in [1.29, 1.82) is 0 Å². The lowest BCUT2D eigenvalue weighted by Gasteiger charge is -2.32. The highest BCUT2D eigenvalue weighted by molar-refractivity contribution is 9.10. The number of amides is 1. The van der Waals surface area contributed by atoms with E-state index in [0.29, 0.717) is 12.0 Å². The Labute approximate surface area is 111 Å². The summed E-state index contributed by atoms with van der Waals surface area (Å²) in [5, 5.41) is 2.70. The molecule has 1 amide bonds. The number of ether oxygens (including phenoxy) is 1. The van der Waals surface area contributed by atoms with Crippen LogP contribution in [0.2, 0.25) is 0 Å². The van der Waals surface area contributed by atoms with Crippen LogP contribution in [0.15, 0.2) is 16.6 Å². The number of cyclic esters (lactones) is 1. The van der Waals surface area contributed by atoms with Gasteiger partial charge in [-0.15, -0.1) is 0 Å². The van der Waals surface area contributed by atoms with Crippen LogP contribution in [0.3, 0.4) is 0 Å². The van der Waals surface area contributed by atoms with Gasteiger partial charge in [0.15, 0.2) is 5.78 Å². The van der Waals surface area contributed by atoms with Crippen molar-refractivity contribution in [3.8, 4) is 0 Å². The number of halogens is 2. The van der Waals surface area contributed by atoms with E-state index < -0.39 is 17.4 Å². The Bertz CT molecular complexity index is 575. The molecule has 1 saturated heterocycles. The Balaban J connectivity index is 2.22. The third kappa shape index (κ3) is 1.48. The van der Waals surface area contributed by atoms with Crippen LogP contribution in [-0.2, 0) is 10.3 Å². The summed E-state index contributed by atoms with van der Waals surface area (Å²) < 4.78 is 19.2. The van der Waals surface area contributed by atoms with E-state index in [2.05, 4.69) is 21.2 Å². The Morgan fingerprint density at radius 1 is 1.39 bits per heavy atom. The minimum absolute atomic E-state index is 0.0569. The number of carbonyl (C=O) groups excluding carboxylic acids is 2. The maximum Gasteiger partial charge on any atom is 0.408 e. The molecule has 1 spiro atoms. The van der Waals surface area contributed by atoms with Crippen LogP contribution in [0, 0.1) is 5.82 Å². The molecule has 0 radical (unpaired) electrons. The number of nitrogens with one attached hydrogen (secondary N) is 1. The number of alkyl carbamates (subject to hydrolysis) is 1. The highest BCUT2D eigenvalue weighted by Gasteiger charge is 2.47. The van der Waals surface area contributed by atoms with Gasteiger partial charge in [0.1, 0.15) is 18.0 Å². The average Bonchev–Trinajstić information content (AvgIpc) is 2.71. The maximum atomic E-state index is 14.0. The molecule has 1 fully saturated rings. The predicted molar refractivity (Wildman–Crippen MR) is 63.8 cm³/mol. The van der Waals surface area contributed by atoms with Crippen LogP contribution in [0.4, 0.5) is 9.18 Å². The van der Waals surface area contributed by atoms with Crippen molar-refractivity contribution < 1.29 is 18.7 Å². The van der Waals surface area contributed by atoms with Crippen LogP contribution in [0.25, 0.3) is 0 Å². The molecule has 94 valence electrons. The molecule has 2 aliphatic rings. The molecule has 4 nitrogen and oxygen atoms in total. The lowest BCUT2D eigenvalue weighted by Crippen LogP contribution is -2.44. The first-order chi connectivity index (χ1) is 8.53. The zero-order valence-corrected chi connectivity index (χ0v) is 10.8. The molecule has 1 aliphatic heterocycles. The highest BCUT2D eigenvalue weighted by Crippen LogP contribution is 2.40. The third-order valence-corrected chi connectivity index (χ3v) is 4.07. The van der Waals surface area contributed by atoms with E-state index in [4.69, 9.17) is 4.74 Å². The molecular weight excluding hydrogens is 305 g/mol. The Morgan fingerprint density at radius 3 is 2.83 bits per heavy atom. The fourth-order valence-corrected chi connectivity index (χ4v) is 2.88. The summed E-state index contributed by atoms with van der Waals surface area (Å²) in [4.78, 5) is 23.1. The fraction of sp³-hybridized carbons (Fsp3) is 0.333. The monoisotopic (exact) mass is 313 g/mol. The number of hydrogen-bond acceptors (Lipinski definition) is 3. The van der Waals surface area contributed by atoms with Crippen molar-refractivity contribution >= 4 is 27.8 Å². The quantitative estimate of drug-likeness (QED) is 0.800. The second kappa shape index (κ2) is 3.78. The van der Waals surface area contributed by atoms with Gasteiger partial charge in [0.05, 0.1) is 10.0 Å². The summed E-state index contributed by atoms with van der Waals surface area (Å²) in [5.74, 6) is -0.812. The summed E-state index contributed by atoms with van der Waals surface area (Å²) in [5.41, 5.74) is -0.200. The molecule has 0 saturated carbocycles. The first-order valence-electron chi connectivity index (χ1n) is 5.50. The number of fused-ring (bicyclic) bond motifs is 2. The Kier molecular flexibility index (Phi) is 2.45. The maximum absolute atomic E-state index is 14.0. The summed E-state index contributed by atoms with van der Waals surface area (Å²) in [6, 6.07) is 3.20. The molecular formula is C12H9BrFNO3. The molecule has 1 aromatic carbocycles. The number of Topliss-reactive ketones (excluding diaryl/α,β-unsaturated/α-hetero) is 1. The van der Waals surface area contributed by atoms with E-state index in [1.165, 1.54) is 0 Å². The zero-order chi connectivity index (χ0) is 12.9. The van der Waals surface area contributed by atoms with E-state index in [1.54, 1.807) is 12.1 Å². The van der Waals surface area contributed by atoms with Crippen LogP contribution >= 0.6 is 15.9 Å². The van der Waals surface area contributed by atoms with E-state index >= 15 is 0 Å². The minimum atomic E-state index is -0.762. The highest BCUT2D eigenvalue weighted by atomic mass is 79.9. The third-order valence-electron chi connectivity index (χ3n) is 3.46. The van der Waals surface area contributed by atoms with E-state index in [1.807, 2.05) is 0 Å². The van der Waals surface area contributed by atoms with Crippen LogP contribution in [-0.4, -0.2) is 18.5 Å². The van der Waals surface area contributed by atoms with Crippen LogP contribution in [0.1, 0.15) is 28.8 Å². The molecule has 3 rings (SSSR count). The SMILES string of the molecule is O=C1N[C@]2(CCC(=O)c3c2ccc(Br)c3F)CO1. The second-order valence-corrected chi connectivity index (χ2v) is 5.34. The lowest BCUT2D eigenvalue weighted by molar-refractivity contribution is 0.0936. The molecule has 0 aromatic heterocycles. The van der Waals surface area contributed by atoms with Gasteiger partial charge in [0.25, 0.3) is 0 Å². The first kappa shape index (κ1) is 11.6. The van der Waals surface area contributed by atoms with Gasteiger partial charge in [-0.3, -0.25) is 4.79 Å². The summed E-state index contributed by atoms with van der Waals surface area (Å²) in [6.45, 7) is 0.132. The second-order valence-electron chi connectivity index (χ2n) is 4.49. The Morgan fingerprint density at radius 2 is 2.17 bits per heavy atom. The topological polar surface area (TPSA) is 55.4 Å². The van der Waals surface area contributed by atoms with Gasteiger partial charge in [-0.25, -0.2) is 9.18 Å². The predicted octanol–water partition coefficient (Wildman–Crippen LogP) is 2.50. The average molecular weight is 314 g/mol. The van der Waals surface area contributed by atoms with Gasteiger partial charge in [0, 0.05) is 6.42 Å². The molecule has 1 heterocycles. The van der Waals surface area contributed by atoms with Crippen LogP contribution < -0.4 is 5.32 Å². The first-order valence-corrected chi connectivity index (χ1v) is 6.29. The normalized spacial score (nSPS) is 25.9. The molecule has 18 heavy (non-hydrogen) atoms. The van der Waals surface area contributed by atoms with E-state index in [9.17, 15) is 14.0 Å². The molecule has 0 bridgehead atoms. The van der Waals surface area contributed by atoms with Crippen molar-refractivity contribution in [2.24, 2.45) is 0 Å². The summed E-state index contributed by atoms with van der Waals surface area (Å²) in [7, 11) is 0. The molecule has 1 aromatic rings. The summed E-state index contributed by atoms with van der Waals surface area (Å²) >= 11 is 3.06. The minimum Gasteiger partial charge on any atom is -0.447 e. The van der Waals surface area contributed by atoms with Crippen molar-refractivity contribution in [2.75, 3.05) is 6.61 Å². The molecule has 0 unspecified atom stereocenters. The lowest BCUT2D eigenvalue weighted by atomic mass is 9.76. The van der Waals surface area contributed by atoms with Crippen molar-refractivity contribution in [3.05, 3.63) is 33.5 Å². The number of ketones is 1. The van der Waals surface area contributed by atoms with Gasteiger partial charge >= 0.3 is 6.09 Å². The largest absolute Gasteiger partial charge is 0.447 e. The number of benzene rings is 1. The fourth-order valence-electron chi connectivity index (χ4n) is 2.54. The molecule has 1 N–H and O–H groups in total. The van der Waals surface area contributed by atoms with Crippen molar-refractivity contribution in [2.45, 2.75) is 18.4 Å². The van der Waals surface area contributed by atoms with Crippen LogP contribution in [0.5, 0.6) is 0 Å². The standard InChI is InChI=1S/C12H9BrFNO3/c13-7-2-1-6-9(10(7)14)8(16)3-4-12(6)5-18-11(17)15-12/h1-2H,3-5H2,(H,15,17)/t12-/m1/s1.